The average molecular weight is 311 g/mol. The van der Waals surface area contributed by atoms with Crippen LogP contribution in [0.5, 0.6) is 0 Å². The molecule has 0 radical (unpaired) electrons. The third kappa shape index (κ3) is 3.97. The maximum atomic E-state index is 13.0. The Morgan fingerprint density at radius 2 is 2.22 bits per heavy atom. The van der Waals surface area contributed by atoms with Gasteiger partial charge >= 0.3 is 0 Å². The average Bonchev–Trinajstić information content (AvgIpc) is 2.29. The second-order valence-electron chi connectivity index (χ2n) is 3.97. The van der Waals surface area contributed by atoms with Crippen molar-refractivity contribution in [3.8, 4) is 6.07 Å². The van der Waals surface area contributed by atoms with Crippen LogP contribution in [0.15, 0.2) is 28.2 Å². The van der Waals surface area contributed by atoms with Crippen molar-refractivity contribution in [3.63, 3.8) is 0 Å². The lowest BCUT2D eigenvalue weighted by molar-refractivity contribution is -0.117. The zero-order chi connectivity index (χ0) is 13.7. The molecule has 0 aliphatic heterocycles. The van der Waals surface area contributed by atoms with Gasteiger partial charge in [-0.15, -0.1) is 0 Å². The lowest BCUT2D eigenvalue weighted by Crippen LogP contribution is -2.30. The molecule has 0 atom stereocenters. The van der Waals surface area contributed by atoms with E-state index in [0.717, 1.165) is 0 Å². The maximum absolute atomic E-state index is 13.0. The van der Waals surface area contributed by atoms with E-state index in [4.69, 9.17) is 5.26 Å². The Morgan fingerprint density at radius 3 is 2.72 bits per heavy atom. The number of benzene rings is 1. The highest BCUT2D eigenvalue weighted by Gasteiger charge is 2.10. The van der Waals surface area contributed by atoms with Gasteiger partial charge in [0, 0.05) is 6.04 Å². The number of nitrogens with one attached hydrogen (secondary N) is 1. The first-order valence-corrected chi connectivity index (χ1v) is 6.11. The number of hydrogen-bond donors (Lipinski definition) is 1. The molecule has 1 aromatic carbocycles. The van der Waals surface area contributed by atoms with Crippen molar-refractivity contribution in [1.29, 1.82) is 5.26 Å². The molecule has 3 nitrogen and oxygen atoms in total. The number of carbonyl (C=O) groups excluding carboxylic acids is 1. The van der Waals surface area contributed by atoms with Gasteiger partial charge in [-0.2, -0.15) is 5.26 Å². The molecule has 0 spiro atoms. The predicted molar refractivity (Wildman–Crippen MR) is 71.0 cm³/mol. The summed E-state index contributed by atoms with van der Waals surface area (Å²) >= 11 is 3.05. The van der Waals surface area contributed by atoms with Crippen molar-refractivity contribution in [2.45, 2.75) is 19.9 Å². The summed E-state index contributed by atoms with van der Waals surface area (Å²) in [7, 11) is 0. The molecule has 0 bridgehead atoms. The Labute approximate surface area is 113 Å². The summed E-state index contributed by atoms with van der Waals surface area (Å²) in [5.74, 6) is -0.828. The van der Waals surface area contributed by atoms with Gasteiger partial charge in [0.1, 0.15) is 17.5 Å². The fourth-order valence-electron chi connectivity index (χ4n) is 1.26. The normalized spacial score (nSPS) is 11.2. The largest absolute Gasteiger partial charge is 0.349 e. The molecule has 0 fully saturated rings. The molecule has 5 heteroatoms. The van der Waals surface area contributed by atoms with E-state index >= 15 is 0 Å². The molecule has 1 amide bonds. The number of halogens is 2. The van der Waals surface area contributed by atoms with Gasteiger partial charge in [-0.1, -0.05) is 6.07 Å². The highest BCUT2D eigenvalue weighted by atomic mass is 79.9. The molecule has 94 valence electrons. The highest BCUT2D eigenvalue weighted by Crippen LogP contribution is 2.18. The quantitative estimate of drug-likeness (QED) is 0.689. The summed E-state index contributed by atoms with van der Waals surface area (Å²) in [6.07, 6.45) is 1.42. The molecule has 0 aliphatic rings. The SMILES string of the molecule is CC(C)NC(=O)/C(C#N)=C/c1ccc(F)c(Br)c1. The molecule has 0 unspecified atom stereocenters. The van der Waals surface area contributed by atoms with Crippen LogP contribution in [0.25, 0.3) is 6.08 Å². The van der Waals surface area contributed by atoms with E-state index in [2.05, 4.69) is 21.2 Å². The number of rotatable bonds is 3. The molecule has 0 heterocycles. The number of carbonyl (C=O) groups is 1. The Kier molecular flexibility index (Phi) is 5.05. The van der Waals surface area contributed by atoms with E-state index in [1.165, 1.54) is 24.3 Å². The summed E-state index contributed by atoms with van der Waals surface area (Å²) < 4.78 is 13.3. The van der Waals surface area contributed by atoms with Gasteiger partial charge in [0.25, 0.3) is 5.91 Å². The van der Waals surface area contributed by atoms with E-state index in [-0.39, 0.29) is 16.1 Å². The van der Waals surface area contributed by atoms with Crippen LogP contribution < -0.4 is 5.32 Å². The second-order valence-corrected chi connectivity index (χ2v) is 4.83. The zero-order valence-electron chi connectivity index (χ0n) is 10.00. The van der Waals surface area contributed by atoms with Crippen LogP contribution in [0.3, 0.4) is 0 Å². The van der Waals surface area contributed by atoms with Gasteiger partial charge in [-0.05, 0) is 53.5 Å². The van der Waals surface area contributed by atoms with Crippen LogP contribution in [0.4, 0.5) is 4.39 Å². The Hall–Kier alpha value is -1.67. The lowest BCUT2D eigenvalue weighted by Gasteiger charge is -2.07. The first-order chi connectivity index (χ1) is 8.43. The van der Waals surface area contributed by atoms with Crippen molar-refractivity contribution in [2.75, 3.05) is 0 Å². The Balaban J connectivity index is 3.01. The van der Waals surface area contributed by atoms with Crippen LogP contribution in [0.2, 0.25) is 0 Å². The number of amides is 1. The summed E-state index contributed by atoms with van der Waals surface area (Å²) in [6.45, 7) is 3.61. The minimum atomic E-state index is -0.437. The van der Waals surface area contributed by atoms with Crippen LogP contribution in [0, 0.1) is 17.1 Å². The van der Waals surface area contributed by atoms with E-state index in [1.807, 2.05) is 6.07 Å². The molecular formula is C13H12BrFN2O. The van der Waals surface area contributed by atoms with Crippen LogP contribution in [-0.2, 0) is 4.79 Å². The van der Waals surface area contributed by atoms with Crippen molar-refractivity contribution in [1.82, 2.24) is 5.32 Å². The predicted octanol–water partition coefficient (Wildman–Crippen LogP) is 3.02. The molecule has 0 saturated carbocycles. The summed E-state index contributed by atoms with van der Waals surface area (Å²) in [4.78, 5) is 11.7. The number of nitriles is 1. The van der Waals surface area contributed by atoms with E-state index in [9.17, 15) is 9.18 Å². The van der Waals surface area contributed by atoms with Gasteiger partial charge in [0.05, 0.1) is 4.47 Å². The molecular weight excluding hydrogens is 299 g/mol. The fourth-order valence-corrected chi connectivity index (χ4v) is 1.65. The Bertz CT molecular complexity index is 532. The minimum absolute atomic E-state index is 0.0118. The van der Waals surface area contributed by atoms with E-state index < -0.39 is 11.7 Å². The number of nitrogens with zero attached hydrogens (tertiary/aromatic N) is 1. The molecule has 1 N–H and O–H groups in total. The summed E-state index contributed by atoms with van der Waals surface area (Å²) in [5, 5.41) is 11.6. The molecule has 0 saturated heterocycles. The topological polar surface area (TPSA) is 52.9 Å². The standard InChI is InChI=1S/C13H12BrFN2O/c1-8(2)17-13(18)10(7-16)5-9-3-4-12(15)11(14)6-9/h3-6,8H,1-2H3,(H,17,18)/b10-5+. The third-order valence-electron chi connectivity index (χ3n) is 2.04. The second kappa shape index (κ2) is 6.31. The fraction of sp³-hybridized carbons (Fsp3) is 0.231. The summed E-state index contributed by atoms with van der Waals surface area (Å²) in [5.41, 5.74) is 0.570. The summed E-state index contributed by atoms with van der Waals surface area (Å²) in [6, 6.07) is 6.06. The highest BCUT2D eigenvalue weighted by molar-refractivity contribution is 9.10. The number of hydrogen-bond acceptors (Lipinski definition) is 2. The van der Waals surface area contributed by atoms with Crippen LogP contribution in [0.1, 0.15) is 19.4 Å². The first-order valence-electron chi connectivity index (χ1n) is 5.31. The first kappa shape index (κ1) is 14.4. The maximum Gasteiger partial charge on any atom is 0.262 e. The molecule has 0 aromatic heterocycles. The third-order valence-corrected chi connectivity index (χ3v) is 2.65. The van der Waals surface area contributed by atoms with Gasteiger partial charge in [0.2, 0.25) is 0 Å². The van der Waals surface area contributed by atoms with E-state index in [0.29, 0.717) is 5.56 Å². The lowest BCUT2D eigenvalue weighted by atomic mass is 10.1. The molecule has 1 rings (SSSR count). The van der Waals surface area contributed by atoms with Crippen LogP contribution >= 0.6 is 15.9 Å². The van der Waals surface area contributed by atoms with Gasteiger partial charge in [-0.3, -0.25) is 4.79 Å². The Morgan fingerprint density at radius 1 is 1.56 bits per heavy atom. The smallest absolute Gasteiger partial charge is 0.262 e. The minimum Gasteiger partial charge on any atom is -0.349 e. The zero-order valence-corrected chi connectivity index (χ0v) is 11.6. The van der Waals surface area contributed by atoms with Gasteiger partial charge < -0.3 is 5.32 Å². The van der Waals surface area contributed by atoms with Gasteiger partial charge in [0.15, 0.2) is 0 Å². The van der Waals surface area contributed by atoms with Crippen molar-refractivity contribution >= 4 is 27.9 Å². The monoisotopic (exact) mass is 310 g/mol. The van der Waals surface area contributed by atoms with Gasteiger partial charge in [-0.25, -0.2) is 4.39 Å². The van der Waals surface area contributed by atoms with E-state index in [1.54, 1.807) is 13.8 Å². The molecule has 0 aliphatic carbocycles. The van der Waals surface area contributed by atoms with Crippen molar-refractivity contribution < 1.29 is 9.18 Å². The van der Waals surface area contributed by atoms with Crippen molar-refractivity contribution in [2.24, 2.45) is 0 Å². The molecule has 18 heavy (non-hydrogen) atoms. The van der Waals surface area contributed by atoms with Crippen LogP contribution in [-0.4, -0.2) is 11.9 Å². The molecule has 1 aromatic rings. The van der Waals surface area contributed by atoms with Crippen molar-refractivity contribution in [3.05, 3.63) is 39.6 Å².